The smallest absolute Gasteiger partial charge is 0.410 e. The number of fused-ring (bicyclic) bond motifs is 1. The molecule has 0 spiro atoms. The fraction of sp³-hybridized carbons (Fsp3) is 0.700. The molecule has 2 aromatic rings. The van der Waals surface area contributed by atoms with Crippen molar-refractivity contribution < 1.29 is 67.3 Å². The number of nitrogens with zero attached hydrogens (tertiary/aromatic N) is 4. The molecular formula is C40H68N12O16. The summed E-state index contributed by atoms with van der Waals surface area (Å²) in [5.41, 5.74) is 11.4. The van der Waals surface area contributed by atoms with E-state index in [0.29, 0.717) is 39.2 Å². The molecular weight excluding hydrogens is 905 g/mol. The molecule has 0 aromatic carbocycles. The zero-order chi connectivity index (χ0) is 50.2. The molecule has 3 heterocycles. The maximum atomic E-state index is 13.6. The second-order valence-corrected chi connectivity index (χ2v) is 15.6. The van der Waals surface area contributed by atoms with Crippen LogP contribution >= 0.6 is 0 Å². The molecule has 0 saturated carbocycles. The molecule has 1 fully saturated rings. The molecule has 384 valence electrons. The summed E-state index contributed by atoms with van der Waals surface area (Å²) < 4.78 is 39.9. The lowest BCUT2D eigenvalue weighted by atomic mass is 10.0. The molecule has 28 nitrogen and oxygen atoms in total. The van der Waals surface area contributed by atoms with E-state index in [-0.39, 0.29) is 95.3 Å². The fourth-order valence-corrected chi connectivity index (χ4v) is 6.62. The number of hydrogen-bond acceptors (Lipinski definition) is 20. The number of ether oxygens (including phenoxy) is 7. The van der Waals surface area contributed by atoms with Crippen molar-refractivity contribution in [1.29, 1.82) is 0 Å². The third-order valence-corrected chi connectivity index (χ3v) is 10.1. The average Bonchev–Trinajstić information content (AvgIpc) is 3.76. The van der Waals surface area contributed by atoms with Crippen LogP contribution in [0.25, 0.3) is 11.2 Å². The van der Waals surface area contributed by atoms with Crippen LogP contribution in [0.2, 0.25) is 0 Å². The number of unbranched alkanes of at least 4 members (excludes halogenated alkanes) is 1. The summed E-state index contributed by atoms with van der Waals surface area (Å²) in [4.78, 5) is 98.0. The Morgan fingerprint density at radius 2 is 1.54 bits per heavy atom. The molecule has 1 aliphatic rings. The van der Waals surface area contributed by atoms with E-state index in [9.17, 15) is 43.8 Å². The normalized spacial score (nSPS) is 17.7. The Kier molecular flexibility index (Phi) is 25.1. The van der Waals surface area contributed by atoms with Gasteiger partial charge in [-0.3, -0.25) is 38.9 Å². The molecule has 3 unspecified atom stereocenters. The summed E-state index contributed by atoms with van der Waals surface area (Å²) in [5.74, 6) is 2.06. The molecule has 6 atom stereocenters. The number of hydrogen-bond donors (Lipinski definition) is 10. The highest BCUT2D eigenvalue weighted by atomic mass is 16.6. The second kappa shape index (κ2) is 30.0. The van der Waals surface area contributed by atoms with Gasteiger partial charge in [0, 0.05) is 26.7 Å². The van der Waals surface area contributed by atoms with E-state index >= 15 is 0 Å². The molecule has 0 aliphatic carbocycles. The number of aliphatic hydroxyl groups excluding tert-OH is 2. The first-order chi connectivity index (χ1) is 32.6. The van der Waals surface area contributed by atoms with Crippen molar-refractivity contribution in [3.05, 3.63) is 33.5 Å². The number of rotatable bonds is 33. The first-order valence-electron chi connectivity index (χ1n) is 22.0. The fourth-order valence-electron chi connectivity index (χ4n) is 6.62. The summed E-state index contributed by atoms with van der Waals surface area (Å²) in [5, 5.41) is 29.0. The summed E-state index contributed by atoms with van der Waals surface area (Å²) in [7, 11) is 1.35. The van der Waals surface area contributed by atoms with Crippen LogP contribution in [0.5, 0.6) is 0 Å². The number of carbonyl (C=O) groups excluding carboxylic acids is 5. The van der Waals surface area contributed by atoms with Crippen molar-refractivity contribution in [2.45, 2.75) is 76.3 Å². The number of anilines is 1. The van der Waals surface area contributed by atoms with Crippen molar-refractivity contribution in [3.8, 4) is 0 Å². The van der Waals surface area contributed by atoms with Gasteiger partial charge in [-0.15, -0.1) is 6.58 Å². The Labute approximate surface area is 391 Å². The zero-order valence-corrected chi connectivity index (χ0v) is 38.7. The van der Waals surface area contributed by atoms with Gasteiger partial charge in [0.15, 0.2) is 23.5 Å². The molecule has 3 rings (SSSR count). The number of nitrogen functional groups attached to an aromatic ring is 1. The lowest BCUT2D eigenvalue weighted by molar-refractivity contribution is -0.134. The number of carbonyl (C=O) groups is 5. The van der Waals surface area contributed by atoms with Crippen molar-refractivity contribution in [2.75, 3.05) is 105 Å². The van der Waals surface area contributed by atoms with Crippen molar-refractivity contribution >= 4 is 46.8 Å². The van der Waals surface area contributed by atoms with Crippen molar-refractivity contribution in [1.82, 2.24) is 45.4 Å². The van der Waals surface area contributed by atoms with E-state index in [4.69, 9.17) is 50.5 Å². The van der Waals surface area contributed by atoms with Gasteiger partial charge in [-0.25, -0.2) is 20.0 Å². The Morgan fingerprint density at radius 3 is 2.10 bits per heavy atom. The van der Waals surface area contributed by atoms with Gasteiger partial charge < -0.3 is 75.7 Å². The Balaban J connectivity index is 1.48. The minimum atomic E-state index is -1.63. The predicted molar refractivity (Wildman–Crippen MR) is 240 cm³/mol. The topological polar surface area (TPSA) is 393 Å². The third kappa shape index (κ3) is 17.5. The van der Waals surface area contributed by atoms with Crippen LogP contribution in [-0.2, 0) is 58.9 Å². The highest BCUT2D eigenvalue weighted by molar-refractivity contribution is 5.92. The quantitative estimate of drug-likeness (QED) is 0.0106. The van der Waals surface area contributed by atoms with Crippen molar-refractivity contribution in [3.63, 3.8) is 0 Å². The predicted octanol–water partition coefficient (Wildman–Crippen LogP) is -4.71. The summed E-state index contributed by atoms with van der Waals surface area (Å²) in [6, 6.07) is -2.06. The van der Waals surface area contributed by atoms with Crippen molar-refractivity contribution in [2.24, 2.45) is 17.5 Å². The van der Waals surface area contributed by atoms with E-state index in [2.05, 4.69) is 32.5 Å². The molecule has 0 radical (unpaired) electrons. The van der Waals surface area contributed by atoms with Crippen LogP contribution in [0.3, 0.4) is 0 Å². The Hall–Kier alpha value is -5.56. The number of aromatic amines is 1. The Bertz CT molecular complexity index is 2050. The zero-order valence-electron chi connectivity index (χ0n) is 38.7. The lowest BCUT2D eigenvalue weighted by Crippen LogP contribution is -2.56. The van der Waals surface area contributed by atoms with Gasteiger partial charge >= 0.3 is 11.8 Å². The summed E-state index contributed by atoms with van der Waals surface area (Å²) in [6.07, 6.45) is -4.48. The number of aromatic nitrogens is 4. The van der Waals surface area contributed by atoms with Crippen LogP contribution in [0, 0.1) is 5.92 Å². The van der Waals surface area contributed by atoms with Crippen LogP contribution in [0.15, 0.2) is 22.2 Å². The number of amides is 5. The number of imidazole rings is 1. The molecule has 0 bridgehead atoms. The number of nitrogens with two attached hydrogens (primary N) is 3. The average molecular weight is 973 g/mol. The minimum Gasteiger partial charge on any atom is -0.438 e. The van der Waals surface area contributed by atoms with Gasteiger partial charge in [0.2, 0.25) is 23.7 Å². The minimum absolute atomic E-state index is 0.0933. The van der Waals surface area contributed by atoms with E-state index in [1.54, 1.807) is 13.8 Å². The second-order valence-electron chi connectivity index (χ2n) is 15.6. The molecule has 28 heteroatoms. The number of aliphatic hydroxyl groups is 2. The highest BCUT2D eigenvalue weighted by Gasteiger charge is 2.49. The molecule has 5 amide bonds. The van der Waals surface area contributed by atoms with Gasteiger partial charge in [-0.05, 0) is 31.7 Å². The molecule has 1 saturated heterocycles. The number of nitrogens with one attached hydrogen (secondary N) is 5. The first-order valence-corrected chi connectivity index (χ1v) is 22.0. The van der Waals surface area contributed by atoms with Gasteiger partial charge in [-0.1, -0.05) is 19.9 Å². The Morgan fingerprint density at radius 1 is 0.941 bits per heavy atom. The van der Waals surface area contributed by atoms with E-state index in [1.165, 1.54) is 13.1 Å². The summed E-state index contributed by atoms with van der Waals surface area (Å²) >= 11 is 0. The van der Waals surface area contributed by atoms with Crippen LogP contribution in [0.4, 0.5) is 10.7 Å². The molecule has 1 aliphatic heterocycles. The van der Waals surface area contributed by atoms with Crippen LogP contribution in [-0.4, -0.2) is 194 Å². The standard InChI is InChI=1S/C40H68N12O16/c1-5-11-51-30-33(47-38(42)48-36(30)59)52(39(51)60)37-32(31(56)26(21-53)67-37)68-40(61)50(4)12-10-44-34(57)25(8-6-7-9-41)45-35(58)29(24(2)3)46-27(54)22-65-19-17-63-15-13-62-14-16-64-18-20-66-23-28(55)49-43/h5,24-26,29,31-32,37,53,56H,1,6-23,41,43H2,2-4H3,(H,44,57)(H,45,58)(H,46,54)(H,49,55)(H3,42,47,48,59)/t25-,26?,29-,31?,32?,37+/m0/s1. The number of allylic oxidation sites excluding steroid dienone is 1. The monoisotopic (exact) mass is 972 g/mol. The van der Waals surface area contributed by atoms with E-state index in [1.807, 2.05) is 5.43 Å². The van der Waals surface area contributed by atoms with Gasteiger partial charge in [0.05, 0.1) is 59.5 Å². The number of likely N-dealkylation sites (N-methyl/N-ethyl adjacent to an activating group) is 1. The largest absolute Gasteiger partial charge is 0.438 e. The molecule has 2 aromatic heterocycles. The van der Waals surface area contributed by atoms with Crippen LogP contribution < -0.4 is 49.9 Å². The lowest BCUT2D eigenvalue weighted by Gasteiger charge is -2.26. The van der Waals surface area contributed by atoms with Gasteiger partial charge in [0.25, 0.3) is 11.5 Å². The maximum Gasteiger partial charge on any atom is 0.410 e. The summed E-state index contributed by atoms with van der Waals surface area (Å²) in [6.45, 7) is 7.81. The third-order valence-electron chi connectivity index (χ3n) is 10.1. The number of hydrazine groups is 1. The van der Waals surface area contributed by atoms with Gasteiger partial charge in [-0.2, -0.15) is 4.98 Å². The SMILES string of the molecule is C=CCn1c(=O)n([C@@H]2OC(CO)C(O)C2OC(=O)N(C)CCNC(=O)[C@H](CCCCN)NC(=O)[C@@H](NC(=O)COCCOCCOCCOCCOCC(=O)NN)C(C)C)c2nc(N)[nH]c(=O)c21. The number of H-pyrrole nitrogens is 1. The van der Waals surface area contributed by atoms with E-state index < -0.39 is 84.2 Å². The molecule has 13 N–H and O–H groups in total. The highest BCUT2D eigenvalue weighted by Crippen LogP contribution is 2.33. The van der Waals surface area contributed by atoms with Gasteiger partial charge in [0.1, 0.15) is 37.5 Å². The van der Waals surface area contributed by atoms with E-state index in [0.717, 1.165) is 14.0 Å². The first kappa shape index (κ1) is 56.8. The van der Waals surface area contributed by atoms with Crippen LogP contribution in [0.1, 0.15) is 39.3 Å². The molecule has 68 heavy (non-hydrogen) atoms. The maximum absolute atomic E-state index is 13.6.